The second-order valence-corrected chi connectivity index (χ2v) is 5.39. The van der Waals surface area contributed by atoms with Gasteiger partial charge in [0.1, 0.15) is 4.88 Å². The summed E-state index contributed by atoms with van der Waals surface area (Å²) in [6.45, 7) is 5.87. The average molecular weight is 276 g/mol. The van der Waals surface area contributed by atoms with E-state index < -0.39 is 0 Å². The topological polar surface area (TPSA) is 80.9 Å². The van der Waals surface area contributed by atoms with Crippen molar-refractivity contribution < 1.29 is 4.79 Å². The van der Waals surface area contributed by atoms with Crippen molar-refractivity contribution in [2.24, 2.45) is 0 Å². The van der Waals surface area contributed by atoms with E-state index in [2.05, 4.69) is 14.9 Å². The Labute approximate surface area is 116 Å². The number of rotatable bonds is 3. The van der Waals surface area contributed by atoms with Crippen molar-refractivity contribution in [2.45, 2.75) is 26.7 Å². The van der Waals surface area contributed by atoms with Crippen LogP contribution in [0.5, 0.6) is 0 Å². The lowest BCUT2D eigenvalue weighted by Crippen LogP contribution is -2.15. The number of aryl methyl sites for hydroxylation is 1. The number of nitrogens with zero attached hydrogens (tertiary/aromatic N) is 2. The number of nitrogen functional groups attached to an aromatic ring is 1. The average Bonchev–Trinajstić information content (AvgIpc) is 2.83. The molecule has 1 aromatic heterocycles. The molecular weight excluding hydrogens is 260 g/mol. The summed E-state index contributed by atoms with van der Waals surface area (Å²) in [5, 5.41) is 6.84. The van der Waals surface area contributed by atoms with E-state index in [1.165, 1.54) is 0 Å². The molecule has 0 atom stereocenters. The third-order valence-corrected chi connectivity index (χ3v) is 3.55. The first-order valence-electron chi connectivity index (χ1n) is 5.99. The minimum absolute atomic E-state index is 0.161. The van der Waals surface area contributed by atoms with Gasteiger partial charge in [-0.05, 0) is 36.0 Å². The van der Waals surface area contributed by atoms with Crippen LogP contribution in [-0.2, 0) is 0 Å². The fraction of sp³-hybridized carbons (Fsp3) is 0.308. The number of aromatic nitrogens is 2. The van der Waals surface area contributed by atoms with Gasteiger partial charge in [0.25, 0.3) is 5.91 Å². The number of hydrogen-bond acceptors (Lipinski definition) is 5. The van der Waals surface area contributed by atoms with Crippen molar-refractivity contribution in [3.05, 3.63) is 34.3 Å². The van der Waals surface area contributed by atoms with Gasteiger partial charge in [-0.3, -0.25) is 4.79 Å². The molecule has 3 N–H and O–H groups in total. The van der Waals surface area contributed by atoms with Crippen molar-refractivity contribution in [1.82, 2.24) is 9.59 Å². The fourth-order valence-electron chi connectivity index (χ4n) is 1.76. The lowest BCUT2D eigenvalue weighted by molar-refractivity contribution is 0.102. The van der Waals surface area contributed by atoms with Crippen molar-refractivity contribution >= 4 is 28.8 Å². The van der Waals surface area contributed by atoms with Gasteiger partial charge in [0.15, 0.2) is 0 Å². The van der Waals surface area contributed by atoms with Gasteiger partial charge in [0.05, 0.1) is 17.1 Å². The lowest BCUT2D eigenvalue weighted by atomic mass is 10.1. The molecule has 0 saturated heterocycles. The molecule has 0 bridgehead atoms. The zero-order valence-electron chi connectivity index (χ0n) is 11.1. The molecule has 2 aromatic rings. The Kier molecular flexibility index (Phi) is 3.80. The highest BCUT2D eigenvalue weighted by atomic mass is 32.1. The summed E-state index contributed by atoms with van der Waals surface area (Å²) in [6.07, 6.45) is 0. The Balaban J connectivity index is 2.29. The second-order valence-electron chi connectivity index (χ2n) is 4.64. The van der Waals surface area contributed by atoms with Gasteiger partial charge in [0.2, 0.25) is 0 Å². The molecule has 1 heterocycles. The minimum Gasteiger partial charge on any atom is -0.397 e. The summed E-state index contributed by atoms with van der Waals surface area (Å²) in [5.41, 5.74) is 8.72. The molecule has 5 nitrogen and oxygen atoms in total. The van der Waals surface area contributed by atoms with Crippen LogP contribution in [0.15, 0.2) is 18.2 Å². The smallest absolute Gasteiger partial charge is 0.269 e. The SMILES string of the molecule is Cc1cccc(N)c1NC(=O)c1snnc1C(C)C. The molecule has 2 rings (SSSR count). The van der Waals surface area contributed by atoms with Gasteiger partial charge in [-0.25, -0.2) is 0 Å². The van der Waals surface area contributed by atoms with Crippen LogP contribution in [0.3, 0.4) is 0 Å². The number of nitrogens with one attached hydrogen (secondary N) is 1. The van der Waals surface area contributed by atoms with Gasteiger partial charge in [-0.2, -0.15) is 0 Å². The maximum atomic E-state index is 12.3. The maximum Gasteiger partial charge on any atom is 0.269 e. The first-order valence-corrected chi connectivity index (χ1v) is 6.76. The predicted molar refractivity (Wildman–Crippen MR) is 77.5 cm³/mol. The molecule has 0 spiro atoms. The number of anilines is 2. The van der Waals surface area contributed by atoms with Crippen LogP contribution in [0.4, 0.5) is 11.4 Å². The van der Waals surface area contributed by atoms with Crippen LogP contribution in [-0.4, -0.2) is 15.5 Å². The first-order chi connectivity index (χ1) is 9.00. The highest BCUT2D eigenvalue weighted by Gasteiger charge is 2.19. The zero-order valence-corrected chi connectivity index (χ0v) is 11.9. The number of amides is 1. The van der Waals surface area contributed by atoms with E-state index in [9.17, 15) is 4.79 Å². The highest BCUT2D eigenvalue weighted by Crippen LogP contribution is 2.25. The number of carbonyl (C=O) groups excluding carboxylic acids is 1. The van der Waals surface area contributed by atoms with Crippen molar-refractivity contribution in [3.8, 4) is 0 Å². The Bertz CT molecular complexity index is 586. The van der Waals surface area contributed by atoms with Crippen LogP contribution in [0.1, 0.15) is 40.7 Å². The monoisotopic (exact) mass is 276 g/mol. The van der Waals surface area contributed by atoms with E-state index in [-0.39, 0.29) is 11.8 Å². The standard InChI is InChI=1S/C13H16N4OS/c1-7(2)10-12(19-17-16-10)13(18)15-11-8(3)5-4-6-9(11)14/h4-7H,14H2,1-3H3,(H,15,18). The van der Waals surface area contributed by atoms with Crippen LogP contribution in [0.2, 0.25) is 0 Å². The number of nitrogens with two attached hydrogens (primary N) is 1. The molecule has 0 saturated carbocycles. The highest BCUT2D eigenvalue weighted by molar-refractivity contribution is 7.08. The molecule has 0 aliphatic rings. The molecule has 0 aliphatic carbocycles. The number of hydrogen-bond donors (Lipinski definition) is 2. The molecule has 6 heteroatoms. The third kappa shape index (κ3) is 2.73. The van der Waals surface area contributed by atoms with Crippen LogP contribution in [0.25, 0.3) is 0 Å². The molecular formula is C13H16N4OS. The summed E-state index contributed by atoms with van der Waals surface area (Å²) >= 11 is 1.10. The number of benzene rings is 1. The van der Waals surface area contributed by atoms with Crippen LogP contribution < -0.4 is 11.1 Å². The molecule has 1 amide bonds. The van der Waals surface area contributed by atoms with Crippen LogP contribution >= 0.6 is 11.5 Å². The van der Waals surface area contributed by atoms with E-state index in [1.807, 2.05) is 32.9 Å². The minimum atomic E-state index is -0.209. The molecule has 0 radical (unpaired) electrons. The molecule has 19 heavy (non-hydrogen) atoms. The summed E-state index contributed by atoms with van der Waals surface area (Å²) < 4.78 is 3.85. The van der Waals surface area contributed by atoms with Gasteiger partial charge >= 0.3 is 0 Å². The molecule has 0 fully saturated rings. The quantitative estimate of drug-likeness (QED) is 0.845. The van der Waals surface area contributed by atoms with E-state index in [4.69, 9.17) is 5.73 Å². The lowest BCUT2D eigenvalue weighted by Gasteiger charge is -2.11. The summed E-state index contributed by atoms with van der Waals surface area (Å²) in [6, 6.07) is 5.52. The normalized spacial score (nSPS) is 10.7. The predicted octanol–water partition coefficient (Wildman–Crippen LogP) is 2.80. The van der Waals surface area contributed by atoms with E-state index in [0.29, 0.717) is 16.3 Å². The van der Waals surface area contributed by atoms with Crippen molar-refractivity contribution in [1.29, 1.82) is 0 Å². The van der Waals surface area contributed by atoms with Gasteiger partial charge in [0, 0.05) is 0 Å². The molecule has 100 valence electrons. The second kappa shape index (κ2) is 5.36. The van der Waals surface area contributed by atoms with Crippen molar-refractivity contribution in [3.63, 3.8) is 0 Å². The Morgan fingerprint density at radius 3 is 2.79 bits per heavy atom. The first kappa shape index (κ1) is 13.5. The summed E-state index contributed by atoms with van der Waals surface area (Å²) in [4.78, 5) is 12.8. The third-order valence-electron chi connectivity index (χ3n) is 2.81. The van der Waals surface area contributed by atoms with E-state index in [1.54, 1.807) is 6.07 Å². The Morgan fingerprint density at radius 1 is 1.42 bits per heavy atom. The molecule has 0 unspecified atom stereocenters. The largest absolute Gasteiger partial charge is 0.397 e. The Hall–Kier alpha value is -1.95. The maximum absolute atomic E-state index is 12.3. The van der Waals surface area contributed by atoms with Crippen molar-refractivity contribution in [2.75, 3.05) is 11.1 Å². The van der Waals surface area contributed by atoms with Crippen LogP contribution in [0, 0.1) is 6.92 Å². The number of carbonyl (C=O) groups is 1. The molecule has 1 aromatic carbocycles. The van der Waals surface area contributed by atoms with Gasteiger partial charge in [-0.1, -0.05) is 30.5 Å². The Morgan fingerprint density at radius 2 is 2.16 bits per heavy atom. The fourth-order valence-corrected chi connectivity index (χ4v) is 2.48. The van der Waals surface area contributed by atoms with Gasteiger partial charge < -0.3 is 11.1 Å². The van der Waals surface area contributed by atoms with E-state index in [0.717, 1.165) is 22.8 Å². The zero-order chi connectivity index (χ0) is 14.0. The summed E-state index contributed by atoms with van der Waals surface area (Å²) in [5.74, 6) is -0.0478. The molecule has 0 aliphatic heterocycles. The number of para-hydroxylation sites is 1. The summed E-state index contributed by atoms with van der Waals surface area (Å²) in [7, 11) is 0. The van der Waals surface area contributed by atoms with E-state index >= 15 is 0 Å². The van der Waals surface area contributed by atoms with Gasteiger partial charge in [-0.15, -0.1) is 5.10 Å².